The van der Waals surface area contributed by atoms with Crippen LogP contribution < -0.4 is 4.35 Å². The maximum atomic E-state index is 11.2. The number of ketones is 1. The van der Waals surface area contributed by atoms with Gasteiger partial charge in [0.05, 0.1) is 0 Å². The molecule has 85 valence electrons. The van der Waals surface area contributed by atoms with E-state index < -0.39 is 6.61 Å². The molecule has 0 saturated heterocycles. The molecule has 0 unspecified atom stereocenters. The van der Waals surface area contributed by atoms with E-state index in [9.17, 15) is 9.59 Å². The number of carbonyl (C=O) groups excluding carboxylic acids is 2. The summed E-state index contributed by atoms with van der Waals surface area (Å²) in [7, 11) is 1.33. The van der Waals surface area contributed by atoms with Gasteiger partial charge in [0.1, 0.15) is 0 Å². The Hall–Kier alpha value is -1.12. The van der Waals surface area contributed by atoms with Crippen LogP contribution in [-0.4, -0.2) is 46.3 Å². The van der Waals surface area contributed by atoms with Crippen LogP contribution in [0.15, 0.2) is 24.3 Å². The Morgan fingerprint density at radius 3 is 2.81 bits per heavy atom. The first-order chi connectivity index (χ1) is 7.67. The van der Waals surface area contributed by atoms with E-state index in [-0.39, 0.29) is 27.5 Å². The summed E-state index contributed by atoms with van der Waals surface area (Å²) < 4.78 is 5.58. The summed E-state index contributed by atoms with van der Waals surface area (Å²) in [6, 6.07) is 7.04. The fourth-order valence-corrected chi connectivity index (χ4v) is 2.93. The van der Waals surface area contributed by atoms with Crippen LogP contribution in [0.1, 0.15) is 10.4 Å². The van der Waals surface area contributed by atoms with Gasteiger partial charge in [-0.2, -0.15) is 0 Å². The summed E-state index contributed by atoms with van der Waals surface area (Å²) in [4.78, 5) is 22.2. The molecule has 16 heavy (non-hydrogen) atoms. The van der Waals surface area contributed by atoms with E-state index >= 15 is 0 Å². The van der Waals surface area contributed by atoms with Gasteiger partial charge in [-0.1, -0.05) is 0 Å². The monoisotopic (exact) mass is 283 g/mol. The van der Waals surface area contributed by atoms with Gasteiger partial charge in [-0.25, -0.2) is 0 Å². The number of esters is 1. The van der Waals surface area contributed by atoms with Crippen molar-refractivity contribution in [2.24, 2.45) is 0 Å². The number of hydrogen-bond donors (Lipinski definition) is 1. The summed E-state index contributed by atoms with van der Waals surface area (Å²) in [6.07, 6.45) is 0. The van der Waals surface area contributed by atoms with Gasteiger partial charge in [0.25, 0.3) is 0 Å². The number of benzene rings is 1. The minimum absolute atomic E-state index is 0.163. The van der Waals surface area contributed by atoms with Crippen LogP contribution in [0, 0.1) is 0 Å². The van der Waals surface area contributed by atoms with E-state index in [1.165, 1.54) is 7.11 Å². The molecule has 0 aliphatic carbocycles. The van der Waals surface area contributed by atoms with Gasteiger partial charge in [0, 0.05) is 0 Å². The molecule has 0 bridgehead atoms. The summed E-state index contributed by atoms with van der Waals surface area (Å²) >= 11 is -0.337. The first-order valence-electron chi connectivity index (χ1n) is 4.66. The fourth-order valence-electron chi connectivity index (χ4n) is 1.08. The molecule has 1 aromatic carbocycles. The van der Waals surface area contributed by atoms with Gasteiger partial charge in [-0.05, 0) is 0 Å². The SMILES string of the molecule is COC(=O)c1cccc([As]CC(=O)CO)c1. The van der Waals surface area contributed by atoms with Crippen LogP contribution in [0.25, 0.3) is 0 Å². The first kappa shape index (κ1) is 12.9. The molecule has 4 nitrogen and oxygen atoms in total. The molecule has 1 N–H and O–H groups in total. The molecule has 0 aliphatic rings. The second-order valence-electron chi connectivity index (χ2n) is 3.05. The molecule has 0 fully saturated rings. The number of rotatable bonds is 5. The Morgan fingerprint density at radius 2 is 2.19 bits per heavy atom. The van der Waals surface area contributed by atoms with Crippen LogP contribution in [0.4, 0.5) is 0 Å². The molecule has 0 saturated carbocycles. The zero-order chi connectivity index (χ0) is 12.0. The molecular formula is C11H12AsO4. The molecule has 1 radical (unpaired) electrons. The third-order valence-corrected chi connectivity index (χ3v) is 4.30. The van der Waals surface area contributed by atoms with Gasteiger partial charge in [-0.3, -0.25) is 0 Å². The summed E-state index contributed by atoms with van der Waals surface area (Å²) in [5.74, 6) is -0.542. The maximum absolute atomic E-state index is 11.2. The van der Waals surface area contributed by atoms with Crippen LogP contribution in [0.3, 0.4) is 0 Å². The van der Waals surface area contributed by atoms with Crippen LogP contribution in [-0.2, 0) is 9.53 Å². The predicted molar refractivity (Wildman–Crippen MR) is 60.1 cm³/mol. The van der Waals surface area contributed by atoms with Gasteiger partial charge in [0.2, 0.25) is 0 Å². The standard InChI is InChI=1S/C11H12AsO4/c1-16-11(15)8-3-2-4-9(5-8)12-6-10(14)7-13/h2-5,13H,6-7H2,1H3. The van der Waals surface area contributed by atoms with Crippen molar-refractivity contribution >= 4 is 31.9 Å². The van der Waals surface area contributed by atoms with Crippen molar-refractivity contribution in [3.63, 3.8) is 0 Å². The molecular weight excluding hydrogens is 271 g/mol. The number of Topliss-reactive ketones (excluding diaryl/α,β-unsaturated/α-hetero) is 1. The second kappa shape index (κ2) is 6.46. The van der Waals surface area contributed by atoms with Gasteiger partial charge in [-0.15, -0.1) is 0 Å². The number of carbonyl (C=O) groups is 2. The Kier molecular flexibility index (Phi) is 5.23. The molecule has 5 heteroatoms. The average molecular weight is 283 g/mol. The molecule has 0 atom stereocenters. The number of ether oxygens (including phenoxy) is 1. The first-order valence-corrected chi connectivity index (χ1v) is 6.92. The van der Waals surface area contributed by atoms with E-state index in [2.05, 4.69) is 4.74 Å². The number of aliphatic hydroxyl groups excluding tert-OH is 1. The Morgan fingerprint density at radius 1 is 1.44 bits per heavy atom. The zero-order valence-corrected chi connectivity index (χ0v) is 10.7. The normalized spacial score (nSPS) is 10.6. The van der Waals surface area contributed by atoms with E-state index in [0.29, 0.717) is 10.8 Å². The van der Waals surface area contributed by atoms with Crippen LogP contribution in [0.2, 0.25) is 5.21 Å². The Balaban J connectivity index is 2.67. The molecule has 0 aliphatic heterocycles. The zero-order valence-electron chi connectivity index (χ0n) is 8.84. The van der Waals surface area contributed by atoms with Crippen LogP contribution >= 0.6 is 0 Å². The summed E-state index contributed by atoms with van der Waals surface area (Å²) in [5.41, 5.74) is 0.492. The van der Waals surface area contributed by atoms with Crippen molar-refractivity contribution in [3.8, 4) is 0 Å². The van der Waals surface area contributed by atoms with E-state index in [4.69, 9.17) is 5.11 Å². The molecule has 0 amide bonds. The van der Waals surface area contributed by atoms with Crippen molar-refractivity contribution in [1.82, 2.24) is 0 Å². The molecule has 1 rings (SSSR count). The van der Waals surface area contributed by atoms with Crippen molar-refractivity contribution in [3.05, 3.63) is 29.8 Å². The number of aliphatic hydroxyl groups is 1. The third kappa shape index (κ3) is 3.80. The topological polar surface area (TPSA) is 63.6 Å². The van der Waals surface area contributed by atoms with E-state index in [1.807, 2.05) is 6.07 Å². The summed E-state index contributed by atoms with van der Waals surface area (Å²) in [5, 5.41) is 8.96. The second-order valence-corrected chi connectivity index (χ2v) is 5.47. The van der Waals surface area contributed by atoms with E-state index in [0.717, 1.165) is 4.35 Å². The van der Waals surface area contributed by atoms with Gasteiger partial charge >= 0.3 is 100 Å². The van der Waals surface area contributed by atoms with Crippen LogP contribution in [0.5, 0.6) is 0 Å². The van der Waals surface area contributed by atoms with Crippen molar-refractivity contribution in [2.75, 3.05) is 13.7 Å². The van der Waals surface area contributed by atoms with Crippen molar-refractivity contribution in [2.45, 2.75) is 5.21 Å². The van der Waals surface area contributed by atoms with Gasteiger partial charge in [0.15, 0.2) is 0 Å². The molecule has 0 heterocycles. The number of hydrogen-bond acceptors (Lipinski definition) is 4. The van der Waals surface area contributed by atoms with Crippen molar-refractivity contribution in [1.29, 1.82) is 0 Å². The Labute approximate surface area is 100 Å². The van der Waals surface area contributed by atoms with Gasteiger partial charge < -0.3 is 0 Å². The molecule has 0 spiro atoms. The number of methoxy groups -OCH3 is 1. The molecule has 1 aromatic rings. The van der Waals surface area contributed by atoms with E-state index in [1.54, 1.807) is 18.2 Å². The fraction of sp³-hybridized carbons (Fsp3) is 0.273. The average Bonchev–Trinajstić information content (AvgIpc) is 2.35. The minimum atomic E-state index is -0.410. The van der Waals surface area contributed by atoms with Crippen molar-refractivity contribution < 1.29 is 19.4 Å². The summed E-state index contributed by atoms with van der Waals surface area (Å²) in [6.45, 7) is -0.410. The quantitative estimate of drug-likeness (QED) is 0.599. The predicted octanol–water partition coefficient (Wildman–Crippen LogP) is -0.218. The molecule has 0 aromatic heterocycles. The Bertz CT molecular complexity index is 389. The third-order valence-electron chi connectivity index (χ3n) is 1.88.